The third-order valence-electron chi connectivity index (χ3n) is 1.62. The van der Waals surface area contributed by atoms with Gasteiger partial charge in [-0.05, 0) is 24.0 Å². The molecule has 1 aromatic carbocycles. The van der Waals surface area contributed by atoms with Crippen LogP contribution in [-0.2, 0) is 4.79 Å². The maximum atomic E-state index is 10.3. The third-order valence-corrected chi connectivity index (χ3v) is 2.49. The molecule has 0 radical (unpaired) electrons. The summed E-state index contributed by atoms with van der Waals surface area (Å²) in [7, 11) is 0. The average Bonchev–Trinajstić information content (AvgIpc) is 2.18. The fourth-order valence-electron chi connectivity index (χ4n) is 1.05. The first-order valence-corrected chi connectivity index (χ1v) is 5.64. The molecule has 0 saturated carbocycles. The largest absolute Gasteiger partial charge is 0.481 e. The van der Waals surface area contributed by atoms with Crippen LogP contribution in [-0.4, -0.2) is 16.8 Å². The number of hydrogen-bond donors (Lipinski definition) is 1. The van der Waals surface area contributed by atoms with Gasteiger partial charge in [-0.2, -0.15) is 0 Å². The zero-order valence-corrected chi connectivity index (χ0v) is 9.30. The van der Waals surface area contributed by atoms with E-state index in [0.29, 0.717) is 0 Å². The molecule has 3 heteroatoms. The standard InChI is InChI=1S/C12H12O2S/c1-2-15-11-7-3-5-10(9-11)6-4-8-12(13)14/h3,5,7,9H,2,8H2,1H3,(H,13,14). The smallest absolute Gasteiger partial charge is 0.315 e. The Morgan fingerprint density at radius 3 is 3.00 bits per heavy atom. The third kappa shape index (κ3) is 4.57. The van der Waals surface area contributed by atoms with Gasteiger partial charge in [-0.25, -0.2) is 0 Å². The minimum atomic E-state index is -0.887. The molecule has 0 aromatic heterocycles. The van der Waals surface area contributed by atoms with Gasteiger partial charge >= 0.3 is 5.97 Å². The summed E-state index contributed by atoms with van der Waals surface area (Å²) in [5.74, 6) is 5.57. The van der Waals surface area contributed by atoms with E-state index in [1.807, 2.05) is 24.3 Å². The van der Waals surface area contributed by atoms with Crippen molar-refractivity contribution in [3.05, 3.63) is 29.8 Å². The summed E-state index contributed by atoms with van der Waals surface area (Å²) in [5, 5.41) is 8.42. The first kappa shape index (κ1) is 11.7. The lowest BCUT2D eigenvalue weighted by atomic mass is 10.2. The fourth-order valence-corrected chi connectivity index (χ4v) is 1.77. The summed E-state index contributed by atoms with van der Waals surface area (Å²) in [5.41, 5.74) is 0.870. The Bertz CT molecular complexity index is 402. The number of rotatable bonds is 3. The van der Waals surface area contributed by atoms with E-state index in [9.17, 15) is 4.79 Å². The molecule has 0 atom stereocenters. The molecule has 0 heterocycles. The molecule has 0 aliphatic carbocycles. The van der Waals surface area contributed by atoms with E-state index in [-0.39, 0.29) is 6.42 Å². The van der Waals surface area contributed by atoms with Crippen LogP contribution in [0.15, 0.2) is 29.2 Å². The van der Waals surface area contributed by atoms with Gasteiger partial charge in [-0.3, -0.25) is 4.79 Å². The summed E-state index contributed by atoms with van der Waals surface area (Å²) in [4.78, 5) is 11.4. The maximum Gasteiger partial charge on any atom is 0.315 e. The number of aliphatic carboxylic acids is 1. The highest BCUT2D eigenvalue weighted by atomic mass is 32.2. The monoisotopic (exact) mass is 220 g/mol. The topological polar surface area (TPSA) is 37.3 Å². The number of thioether (sulfide) groups is 1. The highest BCUT2D eigenvalue weighted by Crippen LogP contribution is 2.17. The lowest BCUT2D eigenvalue weighted by molar-refractivity contribution is -0.135. The number of hydrogen-bond acceptors (Lipinski definition) is 2. The average molecular weight is 220 g/mol. The molecule has 0 aliphatic rings. The van der Waals surface area contributed by atoms with Crippen LogP contribution in [0.25, 0.3) is 0 Å². The molecule has 0 fully saturated rings. The van der Waals surface area contributed by atoms with E-state index >= 15 is 0 Å². The van der Waals surface area contributed by atoms with E-state index in [2.05, 4.69) is 18.8 Å². The molecule has 0 unspecified atom stereocenters. The zero-order chi connectivity index (χ0) is 11.1. The SMILES string of the molecule is CCSc1cccc(C#CCC(=O)O)c1. The Labute approximate surface area is 93.7 Å². The van der Waals surface area contributed by atoms with Gasteiger partial charge in [-0.15, -0.1) is 11.8 Å². The molecular formula is C12H12O2S. The van der Waals surface area contributed by atoms with E-state index in [4.69, 9.17) is 5.11 Å². The highest BCUT2D eigenvalue weighted by Gasteiger charge is 1.93. The van der Waals surface area contributed by atoms with E-state index in [1.165, 1.54) is 4.90 Å². The van der Waals surface area contributed by atoms with Crippen LogP contribution in [0.1, 0.15) is 18.9 Å². The van der Waals surface area contributed by atoms with Crippen molar-refractivity contribution < 1.29 is 9.90 Å². The summed E-state index contributed by atoms with van der Waals surface area (Å²) >= 11 is 1.75. The van der Waals surface area contributed by atoms with Crippen LogP contribution >= 0.6 is 11.8 Å². The van der Waals surface area contributed by atoms with Crippen molar-refractivity contribution in [3.8, 4) is 11.8 Å². The molecule has 1 aromatic rings. The summed E-state index contributed by atoms with van der Waals surface area (Å²) < 4.78 is 0. The normalized spacial score (nSPS) is 9.13. The van der Waals surface area contributed by atoms with Gasteiger partial charge in [0.05, 0.1) is 0 Å². The molecule has 1 N–H and O–H groups in total. The first-order valence-electron chi connectivity index (χ1n) is 4.66. The number of benzene rings is 1. The van der Waals surface area contributed by atoms with Crippen LogP contribution in [0.4, 0.5) is 0 Å². The molecule has 1 rings (SSSR count). The fraction of sp³-hybridized carbons (Fsp3) is 0.250. The molecular weight excluding hydrogens is 208 g/mol. The minimum Gasteiger partial charge on any atom is -0.481 e. The lowest BCUT2D eigenvalue weighted by Gasteiger charge is -1.97. The summed E-state index contributed by atoms with van der Waals surface area (Å²) in [6.45, 7) is 2.09. The van der Waals surface area contributed by atoms with Gasteiger partial charge < -0.3 is 5.11 Å². The molecule has 0 amide bonds. The Morgan fingerprint density at radius 1 is 1.53 bits per heavy atom. The quantitative estimate of drug-likeness (QED) is 0.628. The van der Waals surface area contributed by atoms with Gasteiger partial charge in [-0.1, -0.05) is 24.8 Å². The van der Waals surface area contributed by atoms with Crippen LogP contribution in [0.2, 0.25) is 0 Å². The summed E-state index contributed by atoms with van der Waals surface area (Å²) in [6, 6.07) is 7.82. The van der Waals surface area contributed by atoms with Crippen molar-refractivity contribution in [1.29, 1.82) is 0 Å². The Kier molecular flexibility index (Phi) is 4.79. The van der Waals surface area contributed by atoms with Crippen molar-refractivity contribution in [1.82, 2.24) is 0 Å². The van der Waals surface area contributed by atoms with E-state index < -0.39 is 5.97 Å². The molecule has 0 spiro atoms. The van der Waals surface area contributed by atoms with Crippen molar-refractivity contribution >= 4 is 17.7 Å². The first-order chi connectivity index (χ1) is 7.22. The van der Waals surface area contributed by atoms with Gasteiger partial charge in [0, 0.05) is 10.5 Å². The van der Waals surface area contributed by atoms with Crippen molar-refractivity contribution in [2.75, 3.05) is 5.75 Å². The Morgan fingerprint density at radius 2 is 2.33 bits per heavy atom. The van der Waals surface area contributed by atoms with E-state index in [0.717, 1.165) is 11.3 Å². The molecule has 0 bridgehead atoms. The molecule has 0 saturated heterocycles. The van der Waals surface area contributed by atoms with Gasteiger partial charge in [0.2, 0.25) is 0 Å². The number of carboxylic acid groups (broad SMARTS) is 1. The molecule has 2 nitrogen and oxygen atoms in total. The van der Waals surface area contributed by atoms with E-state index in [1.54, 1.807) is 11.8 Å². The van der Waals surface area contributed by atoms with Crippen LogP contribution < -0.4 is 0 Å². The maximum absolute atomic E-state index is 10.3. The second-order valence-electron chi connectivity index (χ2n) is 2.83. The van der Waals surface area contributed by atoms with Gasteiger partial charge in [0.15, 0.2) is 0 Å². The predicted molar refractivity (Wildman–Crippen MR) is 62.0 cm³/mol. The number of carboxylic acids is 1. The highest BCUT2D eigenvalue weighted by molar-refractivity contribution is 7.99. The van der Waals surface area contributed by atoms with Gasteiger partial charge in [0.1, 0.15) is 6.42 Å². The van der Waals surface area contributed by atoms with Crippen LogP contribution in [0.3, 0.4) is 0 Å². The van der Waals surface area contributed by atoms with Crippen molar-refractivity contribution in [2.45, 2.75) is 18.2 Å². The van der Waals surface area contributed by atoms with Gasteiger partial charge in [0.25, 0.3) is 0 Å². The second kappa shape index (κ2) is 6.15. The predicted octanol–water partition coefficient (Wildman–Crippen LogP) is 2.62. The lowest BCUT2D eigenvalue weighted by Crippen LogP contribution is -1.90. The van der Waals surface area contributed by atoms with Crippen molar-refractivity contribution in [3.63, 3.8) is 0 Å². The number of carbonyl (C=O) groups is 1. The minimum absolute atomic E-state index is 0.106. The second-order valence-corrected chi connectivity index (χ2v) is 4.17. The van der Waals surface area contributed by atoms with Crippen LogP contribution in [0.5, 0.6) is 0 Å². The summed E-state index contributed by atoms with van der Waals surface area (Å²) in [6.07, 6.45) is -0.106. The van der Waals surface area contributed by atoms with Crippen LogP contribution in [0, 0.1) is 11.8 Å². The molecule has 0 aliphatic heterocycles. The Balaban J connectivity index is 2.71. The molecule has 78 valence electrons. The molecule has 15 heavy (non-hydrogen) atoms. The Hall–Kier alpha value is -1.40. The van der Waals surface area contributed by atoms with Crippen molar-refractivity contribution in [2.24, 2.45) is 0 Å². The zero-order valence-electron chi connectivity index (χ0n) is 8.49.